The summed E-state index contributed by atoms with van der Waals surface area (Å²) in [5, 5.41) is 5.49. The maximum atomic E-state index is 12.1. The van der Waals surface area contributed by atoms with E-state index >= 15 is 0 Å². The van der Waals surface area contributed by atoms with Crippen LogP contribution >= 0.6 is 0 Å². The molecule has 0 saturated carbocycles. The molecule has 2 aromatic carbocycles. The molecule has 0 heterocycles. The van der Waals surface area contributed by atoms with E-state index in [2.05, 4.69) is 10.6 Å². The number of carbonyl (C=O) groups excluding carboxylic acids is 2. The van der Waals surface area contributed by atoms with Crippen molar-refractivity contribution in [2.45, 2.75) is 0 Å². The lowest BCUT2D eigenvalue weighted by Crippen LogP contribution is -2.34. The van der Waals surface area contributed by atoms with Crippen molar-refractivity contribution in [2.24, 2.45) is 0 Å². The highest BCUT2D eigenvalue weighted by Crippen LogP contribution is 2.16. The molecular weight excluding hydrogens is 308 g/mol. The molecule has 0 aromatic heterocycles. The molecule has 0 atom stereocenters. The Bertz CT molecular complexity index is 698. The van der Waals surface area contributed by atoms with Gasteiger partial charge in [-0.2, -0.15) is 0 Å². The van der Waals surface area contributed by atoms with Crippen LogP contribution in [0.4, 0.5) is 0 Å². The Morgan fingerprint density at radius 3 is 2.08 bits per heavy atom. The first-order valence-corrected chi connectivity index (χ1v) is 7.49. The first-order valence-electron chi connectivity index (χ1n) is 7.49. The maximum absolute atomic E-state index is 12.1. The van der Waals surface area contributed by atoms with Gasteiger partial charge in [0.25, 0.3) is 11.8 Å². The molecule has 6 heteroatoms. The number of hydrogen-bond acceptors (Lipinski definition) is 4. The van der Waals surface area contributed by atoms with Crippen LogP contribution in [0.5, 0.6) is 11.5 Å². The Morgan fingerprint density at radius 2 is 1.46 bits per heavy atom. The first kappa shape index (κ1) is 17.3. The highest BCUT2D eigenvalue weighted by atomic mass is 16.5. The fraction of sp³-hybridized carbons (Fsp3) is 0.222. The van der Waals surface area contributed by atoms with Gasteiger partial charge < -0.3 is 20.1 Å². The quantitative estimate of drug-likeness (QED) is 0.761. The number of amides is 2. The normalized spacial score (nSPS) is 9.92. The largest absolute Gasteiger partial charge is 0.497 e. The van der Waals surface area contributed by atoms with Crippen molar-refractivity contribution < 1.29 is 19.1 Å². The van der Waals surface area contributed by atoms with Crippen LogP contribution in [-0.2, 0) is 0 Å². The summed E-state index contributed by atoms with van der Waals surface area (Å²) in [6, 6.07) is 13.8. The van der Waals surface area contributed by atoms with Crippen molar-refractivity contribution in [3.8, 4) is 11.5 Å². The minimum atomic E-state index is -0.244. The van der Waals surface area contributed by atoms with Gasteiger partial charge >= 0.3 is 0 Å². The summed E-state index contributed by atoms with van der Waals surface area (Å²) in [6.45, 7) is 0.643. The molecule has 0 spiro atoms. The van der Waals surface area contributed by atoms with Gasteiger partial charge in [-0.1, -0.05) is 12.1 Å². The summed E-state index contributed by atoms with van der Waals surface area (Å²) in [5.74, 6) is 0.753. The van der Waals surface area contributed by atoms with Crippen LogP contribution in [-0.4, -0.2) is 39.1 Å². The summed E-state index contributed by atoms with van der Waals surface area (Å²) in [5.41, 5.74) is 0.994. The molecule has 0 aliphatic rings. The second kappa shape index (κ2) is 8.57. The standard InChI is InChI=1S/C18H20N2O4/c1-23-14-9-7-13(8-10-14)17(21)19-11-12-20-18(22)15-5-3-4-6-16(15)24-2/h3-10H,11-12H2,1-2H3,(H,19,21)(H,20,22). The van der Waals surface area contributed by atoms with Crippen molar-refractivity contribution in [1.29, 1.82) is 0 Å². The predicted molar refractivity (Wildman–Crippen MR) is 90.7 cm³/mol. The fourth-order valence-corrected chi connectivity index (χ4v) is 2.12. The molecule has 2 aromatic rings. The van der Waals surface area contributed by atoms with E-state index in [4.69, 9.17) is 9.47 Å². The molecule has 0 radical (unpaired) electrons. The van der Waals surface area contributed by atoms with E-state index in [1.165, 1.54) is 7.11 Å². The lowest BCUT2D eigenvalue weighted by molar-refractivity contribution is 0.0926. The van der Waals surface area contributed by atoms with E-state index < -0.39 is 0 Å². The highest BCUT2D eigenvalue weighted by Gasteiger charge is 2.11. The molecule has 0 fully saturated rings. The number of hydrogen-bond donors (Lipinski definition) is 2. The van der Waals surface area contributed by atoms with Gasteiger partial charge in [0.05, 0.1) is 19.8 Å². The zero-order valence-electron chi connectivity index (χ0n) is 13.7. The lowest BCUT2D eigenvalue weighted by atomic mass is 10.2. The molecule has 0 bridgehead atoms. The minimum absolute atomic E-state index is 0.204. The van der Waals surface area contributed by atoms with Crippen LogP contribution in [0.25, 0.3) is 0 Å². The maximum Gasteiger partial charge on any atom is 0.255 e. The minimum Gasteiger partial charge on any atom is -0.497 e. The van der Waals surface area contributed by atoms with E-state index in [9.17, 15) is 9.59 Å². The molecule has 0 unspecified atom stereocenters. The molecule has 2 amide bonds. The zero-order chi connectivity index (χ0) is 17.4. The average Bonchev–Trinajstić information content (AvgIpc) is 2.64. The van der Waals surface area contributed by atoms with Gasteiger partial charge in [-0.15, -0.1) is 0 Å². The molecule has 2 rings (SSSR count). The average molecular weight is 328 g/mol. The summed E-state index contributed by atoms with van der Waals surface area (Å²) in [6.07, 6.45) is 0. The van der Waals surface area contributed by atoms with E-state index in [-0.39, 0.29) is 11.8 Å². The Labute approximate surface area is 140 Å². The molecule has 0 aliphatic heterocycles. The number of carbonyl (C=O) groups is 2. The summed E-state index contributed by atoms with van der Waals surface area (Å²) in [7, 11) is 3.08. The number of rotatable bonds is 7. The first-order chi connectivity index (χ1) is 11.7. The smallest absolute Gasteiger partial charge is 0.255 e. The third-order valence-corrected chi connectivity index (χ3v) is 3.40. The predicted octanol–water partition coefficient (Wildman–Crippen LogP) is 1.86. The van der Waals surface area contributed by atoms with E-state index in [0.717, 1.165) is 0 Å². The number of para-hydroxylation sites is 1. The molecule has 126 valence electrons. The summed E-state index contributed by atoms with van der Waals surface area (Å²) >= 11 is 0. The van der Waals surface area contributed by atoms with Crippen molar-refractivity contribution in [1.82, 2.24) is 10.6 Å². The topological polar surface area (TPSA) is 76.7 Å². The number of ether oxygens (including phenoxy) is 2. The SMILES string of the molecule is COc1ccc(C(=O)NCCNC(=O)c2ccccc2OC)cc1. The van der Waals surface area contributed by atoms with Gasteiger partial charge in [0.15, 0.2) is 0 Å². The van der Waals surface area contributed by atoms with Gasteiger partial charge in [0.2, 0.25) is 0 Å². The Balaban J connectivity index is 1.79. The summed E-state index contributed by atoms with van der Waals surface area (Å²) in [4.78, 5) is 24.1. The molecule has 0 aliphatic carbocycles. The van der Waals surface area contributed by atoms with Crippen molar-refractivity contribution >= 4 is 11.8 Å². The molecule has 24 heavy (non-hydrogen) atoms. The second-order valence-corrected chi connectivity index (χ2v) is 4.94. The third kappa shape index (κ3) is 4.49. The Morgan fingerprint density at radius 1 is 0.833 bits per heavy atom. The molecule has 6 nitrogen and oxygen atoms in total. The second-order valence-electron chi connectivity index (χ2n) is 4.94. The third-order valence-electron chi connectivity index (χ3n) is 3.40. The van der Waals surface area contributed by atoms with Crippen molar-refractivity contribution in [3.05, 3.63) is 59.7 Å². The number of benzene rings is 2. The monoisotopic (exact) mass is 328 g/mol. The van der Waals surface area contributed by atoms with Gasteiger partial charge in [-0.25, -0.2) is 0 Å². The van der Waals surface area contributed by atoms with Crippen molar-refractivity contribution in [2.75, 3.05) is 27.3 Å². The highest BCUT2D eigenvalue weighted by molar-refractivity contribution is 5.97. The molecular formula is C18H20N2O4. The number of methoxy groups -OCH3 is 2. The molecule has 0 saturated heterocycles. The van der Waals surface area contributed by atoms with Crippen LogP contribution < -0.4 is 20.1 Å². The van der Waals surface area contributed by atoms with Gasteiger partial charge in [0.1, 0.15) is 11.5 Å². The fourth-order valence-electron chi connectivity index (χ4n) is 2.12. The van der Waals surface area contributed by atoms with E-state index in [1.54, 1.807) is 55.6 Å². The molecule has 2 N–H and O–H groups in total. The van der Waals surface area contributed by atoms with E-state index in [1.807, 2.05) is 0 Å². The van der Waals surface area contributed by atoms with Crippen LogP contribution in [0, 0.1) is 0 Å². The number of nitrogens with one attached hydrogen (secondary N) is 2. The van der Waals surface area contributed by atoms with Crippen LogP contribution in [0.1, 0.15) is 20.7 Å². The van der Waals surface area contributed by atoms with Gasteiger partial charge in [-0.05, 0) is 36.4 Å². The van der Waals surface area contributed by atoms with Crippen LogP contribution in [0.3, 0.4) is 0 Å². The Kier molecular flexibility index (Phi) is 6.19. The Hall–Kier alpha value is -3.02. The summed E-state index contributed by atoms with van der Waals surface area (Å²) < 4.78 is 10.2. The van der Waals surface area contributed by atoms with Gasteiger partial charge in [0, 0.05) is 18.7 Å². The lowest BCUT2D eigenvalue weighted by Gasteiger charge is -2.10. The van der Waals surface area contributed by atoms with Crippen LogP contribution in [0.15, 0.2) is 48.5 Å². The zero-order valence-corrected chi connectivity index (χ0v) is 13.7. The van der Waals surface area contributed by atoms with Crippen LogP contribution in [0.2, 0.25) is 0 Å². The van der Waals surface area contributed by atoms with Gasteiger partial charge in [-0.3, -0.25) is 9.59 Å². The van der Waals surface area contributed by atoms with E-state index in [0.29, 0.717) is 35.7 Å². The van der Waals surface area contributed by atoms with Crippen molar-refractivity contribution in [3.63, 3.8) is 0 Å².